The summed E-state index contributed by atoms with van der Waals surface area (Å²) in [6.45, 7) is 0.356. The molecule has 1 saturated heterocycles. The third-order valence-electron chi connectivity index (χ3n) is 6.58. The average Bonchev–Trinajstić information content (AvgIpc) is 3.07. The van der Waals surface area contributed by atoms with Gasteiger partial charge in [0, 0.05) is 24.4 Å². The number of sulfonamides is 1. The number of carbonyl (C=O) groups is 3. The summed E-state index contributed by atoms with van der Waals surface area (Å²) in [5.74, 6) is -1.44. The van der Waals surface area contributed by atoms with Crippen molar-refractivity contribution < 1.29 is 22.8 Å². The Morgan fingerprint density at radius 3 is 2.34 bits per heavy atom. The van der Waals surface area contributed by atoms with Crippen molar-refractivity contribution in [2.45, 2.75) is 17.7 Å². The number of rotatable bonds is 5. The van der Waals surface area contributed by atoms with E-state index < -0.39 is 22.5 Å². The fraction of sp³-hybridized carbons (Fsp3) is 0.240. The largest absolute Gasteiger partial charge is 0.369 e. The lowest BCUT2D eigenvalue weighted by Gasteiger charge is -2.31. The predicted molar refractivity (Wildman–Crippen MR) is 131 cm³/mol. The van der Waals surface area contributed by atoms with E-state index in [2.05, 4.69) is 5.32 Å². The van der Waals surface area contributed by atoms with E-state index in [4.69, 9.17) is 5.73 Å². The molecule has 0 spiro atoms. The van der Waals surface area contributed by atoms with Crippen molar-refractivity contribution in [1.82, 2.24) is 4.90 Å². The first-order chi connectivity index (χ1) is 16.8. The van der Waals surface area contributed by atoms with Gasteiger partial charge in [-0.15, -0.1) is 0 Å². The number of amides is 3. The van der Waals surface area contributed by atoms with Crippen molar-refractivity contribution in [1.29, 1.82) is 0 Å². The molecule has 0 saturated carbocycles. The van der Waals surface area contributed by atoms with Gasteiger partial charge >= 0.3 is 0 Å². The van der Waals surface area contributed by atoms with Crippen molar-refractivity contribution in [2.75, 3.05) is 29.3 Å². The van der Waals surface area contributed by atoms with Crippen LogP contribution in [0.15, 0.2) is 65.6 Å². The number of hydrogen-bond acceptors (Lipinski definition) is 5. The lowest BCUT2D eigenvalue weighted by atomic mass is 9.95. The van der Waals surface area contributed by atoms with Gasteiger partial charge in [0.05, 0.1) is 21.8 Å². The van der Waals surface area contributed by atoms with E-state index in [1.807, 2.05) is 12.1 Å². The van der Waals surface area contributed by atoms with Crippen LogP contribution in [0.25, 0.3) is 10.8 Å². The number of carbonyl (C=O) groups excluding carboxylic acids is 3. The second-order valence-corrected chi connectivity index (χ2v) is 10.5. The summed E-state index contributed by atoms with van der Waals surface area (Å²) in [6, 6.07) is 16.9. The molecule has 0 radical (unpaired) electrons. The van der Waals surface area contributed by atoms with Crippen molar-refractivity contribution in [2.24, 2.45) is 11.7 Å². The second-order valence-electron chi connectivity index (χ2n) is 8.71. The fourth-order valence-corrected chi connectivity index (χ4v) is 6.43. The topological polar surface area (TPSA) is 130 Å². The Labute approximate surface area is 202 Å². The zero-order valence-corrected chi connectivity index (χ0v) is 19.6. The van der Waals surface area contributed by atoms with Crippen LogP contribution in [0.4, 0.5) is 11.4 Å². The van der Waals surface area contributed by atoms with Gasteiger partial charge in [-0.2, -0.15) is 0 Å². The van der Waals surface area contributed by atoms with Crippen molar-refractivity contribution in [3.8, 4) is 0 Å². The number of primary amides is 1. The normalized spacial score (nSPS) is 16.9. The SMILES string of the molecule is NC(=O)C1CCN(C(=O)c2ccccc2NC(=O)CN2c3cccc4cccc(c34)S2(=O)=O)CC1. The predicted octanol–water partition coefficient (Wildman–Crippen LogP) is 2.32. The molecule has 0 bridgehead atoms. The van der Waals surface area contributed by atoms with E-state index in [0.29, 0.717) is 48.3 Å². The molecule has 3 aromatic carbocycles. The first-order valence-electron chi connectivity index (χ1n) is 11.3. The maximum Gasteiger partial charge on any atom is 0.265 e. The molecule has 0 unspecified atom stereocenters. The van der Waals surface area contributed by atoms with Crippen LogP contribution >= 0.6 is 0 Å². The van der Waals surface area contributed by atoms with Gasteiger partial charge in [0.25, 0.3) is 15.9 Å². The molecular formula is C25H24N4O5S. The molecular weight excluding hydrogens is 468 g/mol. The molecule has 10 heteroatoms. The Bertz CT molecular complexity index is 1460. The zero-order chi connectivity index (χ0) is 24.7. The highest BCUT2D eigenvalue weighted by atomic mass is 32.2. The lowest BCUT2D eigenvalue weighted by molar-refractivity contribution is -0.123. The summed E-state index contributed by atoms with van der Waals surface area (Å²) < 4.78 is 27.4. The van der Waals surface area contributed by atoms with Crippen LogP contribution < -0.4 is 15.4 Å². The summed E-state index contributed by atoms with van der Waals surface area (Å²) in [5, 5.41) is 4.09. The highest BCUT2D eigenvalue weighted by molar-refractivity contribution is 7.93. The average molecular weight is 493 g/mol. The second kappa shape index (κ2) is 8.70. The van der Waals surface area contributed by atoms with Gasteiger partial charge in [0.1, 0.15) is 6.54 Å². The molecule has 3 amide bonds. The molecule has 0 aromatic heterocycles. The number of piperidine rings is 1. The molecule has 180 valence electrons. The number of likely N-dealkylation sites (tertiary alicyclic amines) is 1. The lowest BCUT2D eigenvalue weighted by Crippen LogP contribution is -2.42. The Kier molecular flexibility index (Phi) is 5.68. The first kappa shape index (κ1) is 22.9. The van der Waals surface area contributed by atoms with Crippen LogP contribution in [0.5, 0.6) is 0 Å². The standard InChI is InChI=1S/C25H24N4O5S/c26-24(31)17-11-13-28(14-12-17)25(32)18-7-1-2-8-19(18)27-22(30)15-29-20-9-3-5-16-6-4-10-21(23(16)20)35(29,33)34/h1-10,17H,11-15H2,(H2,26,31)(H,27,30). The Balaban J connectivity index is 1.35. The monoisotopic (exact) mass is 492 g/mol. The van der Waals surface area contributed by atoms with Gasteiger partial charge < -0.3 is 16.0 Å². The molecule has 0 aliphatic carbocycles. The van der Waals surface area contributed by atoms with Crippen molar-refractivity contribution in [3.05, 3.63) is 66.2 Å². The van der Waals surface area contributed by atoms with Crippen molar-refractivity contribution >= 4 is 49.9 Å². The van der Waals surface area contributed by atoms with Gasteiger partial charge in [-0.25, -0.2) is 8.42 Å². The van der Waals surface area contributed by atoms with E-state index in [9.17, 15) is 22.8 Å². The van der Waals surface area contributed by atoms with Gasteiger partial charge in [-0.05, 0) is 42.5 Å². The van der Waals surface area contributed by atoms with Crippen LogP contribution in [0.2, 0.25) is 0 Å². The van der Waals surface area contributed by atoms with Gasteiger partial charge in [0.2, 0.25) is 11.8 Å². The third-order valence-corrected chi connectivity index (χ3v) is 8.39. The summed E-state index contributed by atoms with van der Waals surface area (Å²) in [6.07, 6.45) is 0.989. The summed E-state index contributed by atoms with van der Waals surface area (Å²) in [7, 11) is -3.88. The quantitative estimate of drug-likeness (QED) is 0.565. The number of hydrogen-bond donors (Lipinski definition) is 2. The Hall–Kier alpha value is -3.92. The van der Waals surface area contributed by atoms with E-state index in [-0.39, 0.29) is 22.6 Å². The minimum absolute atomic E-state index is 0.174. The maximum atomic E-state index is 13.2. The maximum absolute atomic E-state index is 13.2. The molecule has 2 heterocycles. The number of benzene rings is 3. The van der Waals surface area contributed by atoms with E-state index in [1.54, 1.807) is 47.4 Å². The van der Waals surface area contributed by atoms with E-state index in [1.165, 1.54) is 6.07 Å². The number of nitrogens with two attached hydrogens (primary N) is 1. The molecule has 2 aliphatic rings. The van der Waals surface area contributed by atoms with Crippen LogP contribution in [0, 0.1) is 5.92 Å². The van der Waals surface area contributed by atoms with Crippen LogP contribution in [0.3, 0.4) is 0 Å². The Morgan fingerprint density at radius 2 is 1.63 bits per heavy atom. The third kappa shape index (κ3) is 3.99. The molecule has 5 rings (SSSR count). The molecule has 9 nitrogen and oxygen atoms in total. The van der Waals surface area contributed by atoms with Crippen LogP contribution in [-0.2, 0) is 19.6 Å². The van der Waals surface area contributed by atoms with Gasteiger partial charge in [0.15, 0.2) is 0 Å². The van der Waals surface area contributed by atoms with E-state index in [0.717, 1.165) is 9.69 Å². The van der Waals surface area contributed by atoms with Crippen LogP contribution in [0.1, 0.15) is 23.2 Å². The highest BCUT2D eigenvalue weighted by Gasteiger charge is 2.37. The molecule has 0 atom stereocenters. The molecule has 35 heavy (non-hydrogen) atoms. The molecule has 1 fully saturated rings. The number of nitrogens with one attached hydrogen (secondary N) is 1. The first-order valence-corrected chi connectivity index (χ1v) is 12.7. The smallest absolute Gasteiger partial charge is 0.265 e. The summed E-state index contributed by atoms with van der Waals surface area (Å²) in [5.41, 5.74) is 6.43. The zero-order valence-electron chi connectivity index (χ0n) is 18.8. The van der Waals surface area contributed by atoms with Gasteiger partial charge in [-0.1, -0.05) is 36.4 Å². The van der Waals surface area contributed by atoms with E-state index >= 15 is 0 Å². The summed E-state index contributed by atoms with van der Waals surface area (Å²) >= 11 is 0. The fourth-order valence-electron chi connectivity index (χ4n) is 4.76. The molecule has 2 aliphatic heterocycles. The summed E-state index contributed by atoms with van der Waals surface area (Å²) in [4.78, 5) is 39.4. The van der Waals surface area contributed by atoms with Gasteiger partial charge in [-0.3, -0.25) is 18.7 Å². The van der Waals surface area contributed by atoms with Crippen LogP contribution in [-0.4, -0.2) is 50.7 Å². The molecule has 3 N–H and O–H groups in total. The molecule has 3 aromatic rings. The highest BCUT2D eigenvalue weighted by Crippen LogP contribution is 2.41. The number of anilines is 2. The number of para-hydroxylation sites is 1. The minimum atomic E-state index is -3.88. The minimum Gasteiger partial charge on any atom is -0.369 e. The van der Waals surface area contributed by atoms with Crippen molar-refractivity contribution in [3.63, 3.8) is 0 Å². The number of nitrogens with zero attached hydrogens (tertiary/aromatic N) is 2. The Morgan fingerprint density at radius 1 is 0.943 bits per heavy atom.